The summed E-state index contributed by atoms with van der Waals surface area (Å²) in [5.74, 6) is -0.000223. The van der Waals surface area contributed by atoms with E-state index in [9.17, 15) is 4.79 Å². The number of nitrogens with one attached hydrogen (secondary N) is 2. The Morgan fingerprint density at radius 2 is 1.90 bits per heavy atom. The van der Waals surface area contributed by atoms with Crippen molar-refractivity contribution in [1.82, 2.24) is 4.98 Å². The minimum absolute atomic E-state index is 0.000223. The molecule has 0 spiro atoms. The lowest BCUT2D eigenvalue weighted by atomic mass is 10.1. The van der Waals surface area contributed by atoms with Gasteiger partial charge in [-0.15, -0.1) is 0 Å². The molecule has 3 aromatic rings. The van der Waals surface area contributed by atoms with Gasteiger partial charge in [0.15, 0.2) is 0 Å². The zero-order valence-corrected chi connectivity index (χ0v) is 11.3. The summed E-state index contributed by atoms with van der Waals surface area (Å²) in [6.07, 6.45) is 2.28. The van der Waals surface area contributed by atoms with Gasteiger partial charge in [0, 0.05) is 17.4 Å². The van der Waals surface area contributed by atoms with Crippen molar-refractivity contribution in [3.8, 4) is 0 Å². The fraction of sp³-hybridized carbons (Fsp3) is 0.118. The Kier molecular flexibility index (Phi) is 3.25. The first-order chi connectivity index (χ1) is 9.70. The second-order valence-corrected chi connectivity index (χ2v) is 4.99. The fourth-order valence-corrected chi connectivity index (χ4v) is 2.23. The quantitative estimate of drug-likeness (QED) is 0.745. The van der Waals surface area contributed by atoms with Gasteiger partial charge in [-0.05, 0) is 42.1 Å². The number of aryl methyl sites for hydroxylation is 1. The number of H-pyrrole nitrogens is 1. The number of aromatic amines is 1. The van der Waals surface area contributed by atoms with Gasteiger partial charge >= 0.3 is 0 Å². The number of hydrogen-bond acceptors (Lipinski definition) is 1. The van der Waals surface area contributed by atoms with Crippen molar-refractivity contribution >= 4 is 22.5 Å². The van der Waals surface area contributed by atoms with Gasteiger partial charge in [-0.2, -0.15) is 0 Å². The summed E-state index contributed by atoms with van der Waals surface area (Å²) < 4.78 is 0. The number of carbonyl (C=O) groups is 1. The maximum Gasteiger partial charge on any atom is 0.228 e. The Morgan fingerprint density at radius 1 is 1.10 bits per heavy atom. The van der Waals surface area contributed by atoms with E-state index in [1.165, 1.54) is 5.56 Å². The first-order valence-electron chi connectivity index (χ1n) is 6.63. The van der Waals surface area contributed by atoms with Gasteiger partial charge in [0.2, 0.25) is 5.91 Å². The van der Waals surface area contributed by atoms with Crippen molar-refractivity contribution in [3.63, 3.8) is 0 Å². The highest BCUT2D eigenvalue weighted by atomic mass is 16.1. The van der Waals surface area contributed by atoms with E-state index in [1.807, 2.05) is 61.7 Å². The summed E-state index contributed by atoms with van der Waals surface area (Å²) in [4.78, 5) is 15.2. The van der Waals surface area contributed by atoms with Crippen molar-refractivity contribution in [1.29, 1.82) is 0 Å². The Morgan fingerprint density at radius 3 is 2.70 bits per heavy atom. The SMILES string of the molecule is Cc1ccc(NC(=O)Cc2ccc3cc[nH]c3c2)cc1. The maximum absolute atomic E-state index is 12.0. The van der Waals surface area contributed by atoms with Crippen LogP contribution < -0.4 is 5.32 Å². The van der Waals surface area contributed by atoms with E-state index >= 15 is 0 Å². The van der Waals surface area contributed by atoms with Crippen molar-refractivity contribution < 1.29 is 4.79 Å². The molecule has 3 nitrogen and oxygen atoms in total. The molecule has 0 bridgehead atoms. The molecule has 1 amide bonds. The Hall–Kier alpha value is -2.55. The van der Waals surface area contributed by atoms with Gasteiger partial charge in [-0.25, -0.2) is 0 Å². The topological polar surface area (TPSA) is 44.9 Å². The smallest absolute Gasteiger partial charge is 0.228 e. The molecule has 3 heteroatoms. The van der Waals surface area contributed by atoms with Gasteiger partial charge in [0.05, 0.1) is 6.42 Å². The molecule has 0 aliphatic rings. The standard InChI is InChI=1S/C17H16N2O/c1-12-2-6-15(7-3-12)19-17(20)11-13-4-5-14-8-9-18-16(14)10-13/h2-10,18H,11H2,1H3,(H,19,20). The molecular weight excluding hydrogens is 248 g/mol. The molecule has 0 aliphatic heterocycles. The van der Waals surface area contributed by atoms with Crippen LogP contribution in [0.15, 0.2) is 54.7 Å². The van der Waals surface area contributed by atoms with Crippen LogP contribution in [0.3, 0.4) is 0 Å². The Labute approximate surface area is 117 Å². The molecule has 0 aliphatic carbocycles. The average molecular weight is 264 g/mol. The number of fused-ring (bicyclic) bond motifs is 1. The summed E-state index contributed by atoms with van der Waals surface area (Å²) in [6, 6.07) is 15.9. The lowest BCUT2D eigenvalue weighted by Crippen LogP contribution is -2.14. The van der Waals surface area contributed by atoms with Crippen molar-refractivity contribution in [2.45, 2.75) is 13.3 Å². The van der Waals surface area contributed by atoms with Gasteiger partial charge in [0.1, 0.15) is 0 Å². The molecule has 1 aromatic heterocycles. The van der Waals surface area contributed by atoms with E-state index in [0.29, 0.717) is 6.42 Å². The minimum Gasteiger partial charge on any atom is -0.361 e. The summed E-state index contributed by atoms with van der Waals surface area (Å²) >= 11 is 0. The summed E-state index contributed by atoms with van der Waals surface area (Å²) in [6.45, 7) is 2.02. The Balaban J connectivity index is 1.70. The van der Waals surface area contributed by atoms with Crippen LogP contribution in [0, 0.1) is 6.92 Å². The highest BCUT2D eigenvalue weighted by Crippen LogP contribution is 2.15. The van der Waals surface area contributed by atoms with Crippen molar-refractivity contribution in [3.05, 3.63) is 65.9 Å². The molecule has 0 atom stereocenters. The Bertz CT molecular complexity index is 741. The highest BCUT2D eigenvalue weighted by Gasteiger charge is 2.05. The number of anilines is 1. The third kappa shape index (κ3) is 2.72. The van der Waals surface area contributed by atoms with E-state index in [-0.39, 0.29) is 5.91 Å². The summed E-state index contributed by atoms with van der Waals surface area (Å²) in [5, 5.41) is 4.07. The largest absolute Gasteiger partial charge is 0.361 e. The molecule has 20 heavy (non-hydrogen) atoms. The normalized spacial score (nSPS) is 10.7. The zero-order chi connectivity index (χ0) is 13.9. The van der Waals surface area contributed by atoms with Gasteiger partial charge < -0.3 is 10.3 Å². The van der Waals surface area contributed by atoms with Gasteiger partial charge in [0.25, 0.3) is 0 Å². The molecule has 0 unspecified atom stereocenters. The number of aromatic nitrogens is 1. The first kappa shape index (κ1) is 12.5. The second-order valence-electron chi connectivity index (χ2n) is 4.99. The predicted molar refractivity (Wildman–Crippen MR) is 81.8 cm³/mol. The van der Waals surface area contributed by atoms with Crippen LogP contribution in [0.25, 0.3) is 10.9 Å². The molecule has 0 radical (unpaired) electrons. The first-order valence-corrected chi connectivity index (χ1v) is 6.63. The molecule has 0 saturated carbocycles. The highest BCUT2D eigenvalue weighted by molar-refractivity contribution is 5.93. The number of amides is 1. The number of hydrogen-bond donors (Lipinski definition) is 2. The van der Waals surface area contributed by atoms with Crippen LogP contribution in [-0.4, -0.2) is 10.9 Å². The lowest BCUT2D eigenvalue weighted by Gasteiger charge is -2.06. The summed E-state index contributed by atoms with van der Waals surface area (Å²) in [7, 11) is 0. The summed E-state index contributed by atoms with van der Waals surface area (Å²) in [5.41, 5.74) is 4.08. The third-order valence-corrected chi connectivity index (χ3v) is 3.32. The second kappa shape index (κ2) is 5.21. The van der Waals surface area contributed by atoms with E-state index in [2.05, 4.69) is 10.3 Å². The van der Waals surface area contributed by atoms with Crippen molar-refractivity contribution in [2.75, 3.05) is 5.32 Å². The van der Waals surface area contributed by atoms with E-state index < -0.39 is 0 Å². The zero-order valence-electron chi connectivity index (χ0n) is 11.3. The van der Waals surface area contributed by atoms with Crippen LogP contribution >= 0.6 is 0 Å². The number of rotatable bonds is 3. The van der Waals surface area contributed by atoms with Gasteiger partial charge in [-0.3, -0.25) is 4.79 Å². The fourth-order valence-electron chi connectivity index (χ4n) is 2.23. The van der Waals surface area contributed by atoms with Crippen LogP contribution in [0.5, 0.6) is 0 Å². The molecular formula is C17H16N2O. The van der Waals surface area contributed by atoms with Crippen LogP contribution in [0.4, 0.5) is 5.69 Å². The lowest BCUT2D eigenvalue weighted by molar-refractivity contribution is -0.115. The molecule has 0 saturated heterocycles. The predicted octanol–water partition coefficient (Wildman–Crippen LogP) is 3.66. The molecule has 3 rings (SSSR count). The van der Waals surface area contributed by atoms with Crippen molar-refractivity contribution in [2.24, 2.45) is 0 Å². The van der Waals surface area contributed by atoms with Crippen LogP contribution in [0.2, 0.25) is 0 Å². The van der Waals surface area contributed by atoms with E-state index in [0.717, 1.165) is 22.2 Å². The number of benzene rings is 2. The monoisotopic (exact) mass is 264 g/mol. The molecule has 0 fully saturated rings. The minimum atomic E-state index is -0.000223. The van der Waals surface area contributed by atoms with E-state index in [4.69, 9.17) is 0 Å². The average Bonchev–Trinajstić information content (AvgIpc) is 2.89. The van der Waals surface area contributed by atoms with Gasteiger partial charge in [-0.1, -0.05) is 29.8 Å². The third-order valence-electron chi connectivity index (χ3n) is 3.32. The molecule has 2 aromatic carbocycles. The number of carbonyl (C=O) groups excluding carboxylic acids is 1. The molecule has 2 N–H and O–H groups in total. The van der Waals surface area contributed by atoms with Crippen LogP contribution in [0.1, 0.15) is 11.1 Å². The van der Waals surface area contributed by atoms with Crippen LogP contribution in [-0.2, 0) is 11.2 Å². The maximum atomic E-state index is 12.0. The molecule has 100 valence electrons. The molecule has 1 heterocycles. The van der Waals surface area contributed by atoms with E-state index in [1.54, 1.807) is 0 Å².